The van der Waals surface area contributed by atoms with Gasteiger partial charge in [-0.1, -0.05) is 30.7 Å². The molecule has 2 rings (SSSR count). The zero-order valence-electron chi connectivity index (χ0n) is 11.6. The Morgan fingerprint density at radius 1 is 1.37 bits per heavy atom. The van der Waals surface area contributed by atoms with Crippen LogP contribution in [0.2, 0.25) is 5.02 Å². The molecule has 0 radical (unpaired) electrons. The van der Waals surface area contributed by atoms with Gasteiger partial charge in [-0.2, -0.15) is 23.5 Å². The summed E-state index contributed by atoms with van der Waals surface area (Å²) in [6.45, 7) is 4.33. The number of rotatable bonds is 4. The van der Waals surface area contributed by atoms with E-state index in [1.807, 2.05) is 17.8 Å². The second kappa shape index (κ2) is 7.26. The van der Waals surface area contributed by atoms with Gasteiger partial charge in [0.2, 0.25) is 0 Å². The number of hydrogen-bond acceptors (Lipinski definition) is 3. The smallest absolute Gasteiger partial charge is 0.0441 e. The van der Waals surface area contributed by atoms with Gasteiger partial charge in [0, 0.05) is 33.1 Å². The second-order valence-corrected chi connectivity index (χ2v) is 8.16. The monoisotopic (exact) mass is 315 g/mol. The maximum atomic E-state index is 6.46. The van der Waals surface area contributed by atoms with Crippen molar-refractivity contribution in [2.75, 3.05) is 11.5 Å². The lowest BCUT2D eigenvalue weighted by Crippen LogP contribution is -2.43. The minimum atomic E-state index is 0.197. The van der Waals surface area contributed by atoms with Crippen LogP contribution in [0.3, 0.4) is 0 Å². The second-order valence-electron chi connectivity index (χ2n) is 5.12. The van der Waals surface area contributed by atoms with Gasteiger partial charge < -0.3 is 5.73 Å². The fourth-order valence-corrected chi connectivity index (χ4v) is 6.03. The van der Waals surface area contributed by atoms with Crippen molar-refractivity contribution < 1.29 is 0 Å². The Labute approximate surface area is 130 Å². The van der Waals surface area contributed by atoms with Crippen LogP contribution in [-0.4, -0.2) is 28.0 Å². The highest BCUT2D eigenvalue weighted by Crippen LogP contribution is 2.35. The van der Waals surface area contributed by atoms with Gasteiger partial charge in [-0.15, -0.1) is 0 Å². The highest BCUT2D eigenvalue weighted by Gasteiger charge is 2.30. The van der Waals surface area contributed by atoms with Gasteiger partial charge in [0.25, 0.3) is 0 Å². The molecule has 1 aromatic carbocycles. The maximum Gasteiger partial charge on any atom is 0.0441 e. The normalized spacial score (nSPS) is 25.3. The Hall–Kier alpha value is 0.170. The van der Waals surface area contributed by atoms with Crippen LogP contribution in [0.4, 0.5) is 0 Å². The van der Waals surface area contributed by atoms with Gasteiger partial charge in [-0.3, -0.25) is 0 Å². The molecule has 1 aliphatic heterocycles. The zero-order chi connectivity index (χ0) is 13.8. The summed E-state index contributed by atoms with van der Waals surface area (Å²) >= 11 is 10.4. The van der Waals surface area contributed by atoms with Crippen LogP contribution in [0.15, 0.2) is 18.2 Å². The van der Waals surface area contributed by atoms with Crippen molar-refractivity contribution in [1.82, 2.24) is 0 Å². The standard InChI is InChI=1S/C15H22ClNS2/c1-3-14-15(19-7-6-18-14)13(17)9-11-5-4-10(2)8-12(11)16/h4-5,8,13-15H,3,6-7,9,17H2,1-2H3. The molecule has 2 N–H and O–H groups in total. The van der Waals surface area contributed by atoms with Crippen molar-refractivity contribution in [3.05, 3.63) is 34.3 Å². The first kappa shape index (κ1) is 15.6. The van der Waals surface area contributed by atoms with Crippen molar-refractivity contribution in [1.29, 1.82) is 0 Å². The number of benzene rings is 1. The minimum absolute atomic E-state index is 0.197. The van der Waals surface area contributed by atoms with E-state index in [-0.39, 0.29) is 6.04 Å². The topological polar surface area (TPSA) is 26.0 Å². The first-order valence-electron chi connectivity index (χ1n) is 6.85. The average molecular weight is 316 g/mol. The summed E-state index contributed by atoms with van der Waals surface area (Å²) in [4.78, 5) is 0. The van der Waals surface area contributed by atoms with Crippen molar-refractivity contribution in [3.8, 4) is 0 Å². The molecular weight excluding hydrogens is 294 g/mol. The number of aryl methyl sites for hydroxylation is 1. The van der Waals surface area contributed by atoms with Crippen LogP contribution in [0.1, 0.15) is 24.5 Å². The molecule has 0 saturated carbocycles. The van der Waals surface area contributed by atoms with Gasteiger partial charge >= 0.3 is 0 Å². The first-order valence-corrected chi connectivity index (χ1v) is 9.33. The van der Waals surface area contributed by atoms with E-state index in [1.54, 1.807) is 0 Å². The molecule has 106 valence electrons. The van der Waals surface area contributed by atoms with Gasteiger partial charge in [-0.05, 0) is 37.0 Å². The minimum Gasteiger partial charge on any atom is -0.326 e. The molecule has 1 aromatic rings. The Bertz CT molecular complexity index is 425. The number of hydrogen-bond donors (Lipinski definition) is 1. The lowest BCUT2D eigenvalue weighted by atomic mass is 10.00. The van der Waals surface area contributed by atoms with E-state index in [4.69, 9.17) is 17.3 Å². The summed E-state index contributed by atoms with van der Waals surface area (Å²) in [5.41, 5.74) is 8.85. The zero-order valence-corrected chi connectivity index (χ0v) is 14.0. The van der Waals surface area contributed by atoms with E-state index in [0.717, 1.165) is 11.4 Å². The Morgan fingerprint density at radius 2 is 2.11 bits per heavy atom. The third kappa shape index (κ3) is 4.07. The predicted molar refractivity (Wildman–Crippen MR) is 90.7 cm³/mol. The fourth-order valence-electron chi connectivity index (χ4n) is 2.52. The largest absolute Gasteiger partial charge is 0.326 e. The predicted octanol–water partition coefficient (Wildman–Crippen LogP) is 4.15. The van der Waals surface area contributed by atoms with E-state index in [2.05, 4.69) is 37.7 Å². The van der Waals surface area contributed by atoms with E-state index < -0.39 is 0 Å². The molecule has 0 aliphatic carbocycles. The van der Waals surface area contributed by atoms with Gasteiger partial charge in [0.1, 0.15) is 0 Å². The molecule has 1 fully saturated rings. The number of halogens is 1. The molecule has 1 aliphatic rings. The highest BCUT2D eigenvalue weighted by molar-refractivity contribution is 8.07. The molecule has 3 unspecified atom stereocenters. The Kier molecular flexibility index (Phi) is 5.94. The van der Waals surface area contributed by atoms with E-state index >= 15 is 0 Å². The van der Waals surface area contributed by atoms with Crippen LogP contribution in [-0.2, 0) is 6.42 Å². The van der Waals surface area contributed by atoms with Gasteiger partial charge in [0.15, 0.2) is 0 Å². The van der Waals surface area contributed by atoms with Crippen LogP contribution in [0.25, 0.3) is 0 Å². The molecule has 4 heteroatoms. The van der Waals surface area contributed by atoms with Gasteiger partial charge in [-0.25, -0.2) is 0 Å². The average Bonchev–Trinajstić information content (AvgIpc) is 2.41. The molecule has 19 heavy (non-hydrogen) atoms. The molecule has 0 aromatic heterocycles. The van der Waals surface area contributed by atoms with E-state index in [9.17, 15) is 0 Å². The summed E-state index contributed by atoms with van der Waals surface area (Å²) in [5.74, 6) is 2.48. The lowest BCUT2D eigenvalue weighted by molar-refractivity contribution is 0.597. The first-order chi connectivity index (χ1) is 9.11. The van der Waals surface area contributed by atoms with Crippen LogP contribution >= 0.6 is 35.1 Å². The molecule has 1 heterocycles. The van der Waals surface area contributed by atoms with E-state index in [0.29, 0.717) is 10.5 Å². The summed E-state index contributed by atoms with van der Waals surface area (Å²) in [6, 6.07) is 6.47. The number of thioether (sulfide) groups is 2. The quantitative estimate of drug-likeness (QED) is 0.904. The number of nitrogens with two attached hydrogens (primary N) is 1. The third-order valence-corrected chi connectivity index (χ3v) is 7.36. The summed E-state index contributed by atoms with van der Waals surface area (Å²) in [6.07, 6.45) is 2.09. The Balaban J connectivity index is 2.04. The van der Waals surface area contributed by atoms with Crippen molar-refractivity contribution in [3.63, 3.8) is 0 Å². The van der Waals surface area contributed by atoms with Gasteiger partial charge in [0.05, 0.1) is 0 Å². The molecule has 0 amide bonds. The third-order valence-electron chi connectivity index (χ3n) is 3.58. The summed E-state index contributed by atoms with van der Waals surface area (Å²) in [7, 11) is 0. The van der Waals surface area contributed by atoms with Crippen LogP contribution in [0.5, 0.6) is 0 Å². The van der Waals surface area contributed by atoms with Crippen molar-refractivity contribution in [2.45, 2.75) is 43.2 Å². The van der Waals surface area contributed by atoms with Crippen molar-refractivity contribution in [2.24, 2.45) is 5.73 Å². The summed E-state index contributed by atoms with van der Waals surface area (Å²) < 4.78 is 0. The van der Waals surface area contributed by atoms with Crippen LogP contribution < -0.4 is 5.73 Å². The Morgan fingerprint density at radius 3 is 2.79 bits per heavy atom. The fraction of sp³-hybridized carbons (Fsp3) is 0.600. The lowest BCUT2D eigenvalue weighted by Gasteiger charge is -2.34. The maximum absolute atomic E-state index is 6.46. The molecule has 0 bridgehead atoms. The summed E-state index contributed by atoms with van der Waals surface area (Å²) in [5, 5.41) is 2.11. The molecule has 1 nitrogen and oxygen atoms in total. The molecular formula is C15H22ClNS2. The van der Waals surface area contributed by atoms with E-state index in [1.165, 1.54) is 29.1 Å². The highest BCUT2D eigenvalue weighted by atomic mass is 35.5. The molecule has 0 spiro atoms. The van der Waals surface area contributed by atoms with Crippen LogP contribution in [0, 0.1) is 6.92 Å². The molecule has 3 atom stereocenters. The van der Waals surface area contributed by atoms with Crippen molar-refractivity contribution >= 4 is 35.1 Å². The molecule has 1 saturated heterocycles. The SMILES string of the molecule is CCC1SCCSC1C(N)Cc1ccc(C)cc1Cl.